The van der Waals surface area contributed by atoms with E-state index in [2.05, 4.69) is 32.2 Å². The summed E-state index contributed by atoms with van der Waals surface area (Å²) >= 11 is 0. The first-order chi connectivity index (χ1) is 14.5. The highest BCUT2D eigenvalue weighted by molar-refractivity contribution is 5.92. The van der Waals surface area contributed by atoms with Crippen LogP contribution in [0, 0.1) is 13.8 Å². The lowest BCUT2D eigenvalue weighted by atomic mass is 10.0. The third-order valence-electron chi connectivity index (χ3n) is 4.66. The largest absolute Gasteiger partial charge is 0.443 e. The molecule has 2 aromatic heterocycles. The predicted octanol–water partition coefficient (Wildman–Crippen LogP) is 5.02. The molecule has 4 aromatic rings. The number of rotatable bonds is 7. The SMILES string of the molecule is C=CC(=O)Cc1cc(C)ccc1Nc1nc(Nc2ccc3ocnc3c2)ncc1C. The Bertz CT molecular complexity index is 1250. The summed E-state index contributed by atoms with van der Waals surface area (Å²) in [4.78, 5) is 25.0. The van der Waals surface area contributed by atoms with Crippen LogP contribution in [0.2, 0.25) is 0 Å². The maximum Gasteiger partial charge on any atom is 0.229 e. The second-order valence-corrected chi connectivity index (χ2v) is 7.02. The standard InChI is InChI=1S/C23H21N5O2/c1-4-18(29)10-16-9-14(2)5-7-19(16)27-22-15(3)12-24-23(28-22)26-17-6-8-21-20(11-17)25-13-30-21/h4-9,11-13H,1,10H2,2-3H3,(H2,24,26,27,28). The summed E-state index contributed by atoms with van der Waals surface area (Å²) in [5.74, 6) is 1.07. The van der Waals surface area contributed by atoms with Crippen LogP contribution in [-0.2, 0) is 11.2 Å². The highest BCUT2D eigenvalue weighted by atomic mass is 16.3. The third-order valence-corrected chi connectivity index (χ3v) is 4.66. The van der Waals surface area contributed by atoms with Gasteiger partial charge in [0.1, 0.15) is 11.3 Å². The van der Waals surface area contributed by atoms with E-state index in [0.717, 1.165) is 33.6 Å². The van der Waals surface area contributed by atoms with E-state index in [1.807, 2.05) is 50.2 Å². The molecule has 0 bridgehead atoms. The van der Waals surface area contributed by atoms with E-state index in [4.69, 9.17) is 4.42 Å². The summed E-state index contributed by atoms with van der Waals surface area (Å²) in [5.41, 5.74) is 5.96. The van der Waals surface area contributed by atoms with Crippen molar-refractivity contribution >= 4 is 40.0 Å². The number of hydrogen-bond donors (Lipinski definition) is 2. The van der Waals surface area contributed by atoms with Crippen molar-refractivity contribution in [1.29, 1.82) is 0 Å². The van der Waals surface area contributed by atoms with Crippen LogP contribution in [0.25, 0.3) is 11.1 Å². The maximum absolute atomic E-state index is 11.9. The van der Waals surface area contributed by atoms with E-state index < -0.39 is 0 Å². The van der Waals surface area contributed by atoms with Gasteiger partial charge >= 0.3 is 0 Å². The number of nitrogens with one attached hydrogen (secondary N) is 2. The minimum Gasteiger partial charge on any atom is -0.443 e. The van der Waals surface area contributed by atoms with Gasteiger partial charge in [-0.1, -0.05) is 24.3 Å². The lowest BCUT2D eigenvalue weighted by molar-refractivity contribution is -0.114. The van der Waals surface area contributed by atoms with Gasteiger partial charge in [-0.05, 0) is 49.8 Å². The lowest BCUT2D eigenvalue weighted by Gasteiger charge is -2.14. The van der Waals surface area contributed by atoms with Crippen molar-refractivity contribution in [3.05, 3.63) is 78.3 Å². The normalized spacial score (nSPS) is 10.7. The summed E-state index contributed by atoms with van der Waals surface area (Å²) in [6, 6.07) is 11.5. The maximum atomic E-state index is 11.9. The molecule has 0 aliphatic heterocycles. The van der Waals surface area contributed by atoms with Crippen LogP contribution in [0.1, 0.15) is 16.7 Å². The zero-order valence-corrected chi connectivity index (χ0v) is 16.8. The van der Waals surface area contributed by atoms with Crippen LogP contribution < -0.4 is 10.6 Å². The molecule has 0 amide bonds. The fourth-order valence-electron chi connectivity index (χ4n) is 3.07. The van der Waals surface area contributed by atoms with E-state index >= 15 is 0 Å². The molecule has 7 heteroatoms. The summed E-state index contributed by atoms with van der Waals surface area (Å²) < 4.78 is 5.27. The van der Waals surface area contributed by atoms with Crippen molar-refractivity contribution in [3.8, 4) is 0 Å². The van der Waals surface area contributed by atoms with Gasteiger partial charge in [0.15, 0.2) is 17.8 Å². The Kier molecular flexibility index (Phi) is 5.26. The molecule has 2 aromatic carbocycles. The Morgan fingerprint density at radius 2 is 2.00 bits per heavy atom. The number of aryl methyl sites for hydroxylation is 2. The van der Waals surface area contributed by atoms with Crippen LogP contribution in [0.5, 0.6) is 0 Å². The van der Waals surface area contributed by atoms with E-state index in [1.165, 1.54) is 12.5 Å². The number of hydrogen-bond acceptors (Lipinski definition) is 7. The molecule has 0 saturated carbocycles. The van der Waals surface area contributed by atoms with Crippen molar-refractivity contribution in [3.63, 3.8) is 0 Å². The highest BCUT2D eigenvalue weighted by Gasteiger charge is 2.11. The second kappa shape index (κ2) is 8.16. The number of allylic oxidation sites excluding steroid dienone is 1. The zero-order chi connectivity index (χ0) is 21.1. The molecule has 0 atom stereocenters. The highest BCUT2D eigenvalue weighted by Crippen LogP contribution is 2.26. The fourth-order valence-corrected chi connectivity index (χ4v) is 3.07. The van der Waals surface area contributed by atoms with Crippen LogP contribution in [0.15, 0.2) is 66.1 Å². The molecule has 2 heterocycles. The number of ketones is 1. The van der Waals surface area contributed by atoms with Crippen molar-refractivity contribution in [2.24, 2.45) is 0 Å². The van der Waals surface area contributed by atoms with Crippen molar-refractivity contribution < 1.29 is 9.21 Å². The summed E-state index contributed by atoms with van der Waals surface area (Å²) in [7, 11) is 0. The quantitative estimate of drug-likeness (QED) is 0.422. The number of benzene rings is 2. The average Bonchev–Trinajstić information content (AvgIpc) is 3.20. The van der Waals surface area contributed by atoms with Gasteiger partial charge in [0.2, 0.25) is 5.95 Å². The Labute approximate surface area is 173 Å². The number of carbonyl (C=O) groups excluding carboxylic acids is 1. The molecule has 0 unspecified atom stereocenters. The van der Waals surface area contributed by atoms with E-state index in [0.29, 0.717) is 17.3 Å². The van der Waals surface area contributed by atoms with Crippen molar-refractivity contribution in [1.82, 2.24) is 15.0 Å². The molecule has 0 saturated heterocycles. The van der Waals surface area contributed by atoms with Gasteiger partial charge in [-0.3, -0.25) is 4.79 Å². The van der Waals surface area contributed by atoms with Crippen LogP contribution >= 0.6 is 0 Å². The van der Waals surface area contributed by atoms with Gasteiger partial charge in [-0.15, -0.1) is 0 Å². The Balaban J connectivity index is 1.61. The number of carbonyl (C=O) groups is 1. The predicted molar refractivity (Wildman–Crippen MR) is 117 cm³/mol. The third kappa shape index (κ3) is 4.20. The van der Waals surface area contributed by atoms with E-state index in [-0.39, 0.29) is 12.2 Å². The lowest BCUT2D eigenvalue weighted by Crippen LogP contribution is -2.06. The zero-order valence-electron chi connectivity index (χ0n) is 16.8. The minimum absolute atomic E-state index is 0.0336. The van der Waals surface area contributed by atoms with Gasteiger partial charge in [0, 0.05) is 29.6 Å². The first kappa shape index (κ1) is 19.3. The van der Waals surface area contributed by atoms with Gasteiger partial charge in [-0.2, -0.15) is 4.98 Å². The molecular weight excluding hydrogens is 378 g/mol. The molecule has 150 valence electrons. The Morgan fingerprint density at radius 3 is 2.83 bits per heavy atom. The van der Waals surface area contributed by atoms with E-state index in [1.54, 1.807) is 6.20 Å². The van der Waals surface area contributed by atoms with Gasteiger partial charge in [0.05, 0.1) is 0 Å². The first-order valence-corrected chi connectivity index (χ1v) is 9.47. The number of fused-ring (bicyclic) bond motifs is 1. The molecule has 0 aliphatic rings. The summed E-state index contributed by atoms with van der Waals surface area (Å²) in [6.07, 6.45) is 4.78. The van der Waals surface area contributed by atoms with Crippen molar-refractivity contribution in [2.75, 3.05) is 10.6 Å². The van der Waals surface area contributed by atoms with Gasteiger partial charge < -0.3 is 15.1 Å². The second-order valence-electron chi connectivity index (χ2n) is 7.02. The number of nitrogens with zero attached hydrogens (tertiary/aromatic N) is 3. The Hall–Kier alpha value is -4.00. The molecule has 0 fully saturated rings. The van der Waals surface area contributed by atoms with E-state index in [9.17, 15) is 4.79 Å². The fraction of sp³-hybridized carbons (Fsp3) is 0.130. The number of oxazole rings is 1. The van der Waals surface area contributed by atoms with Crippen LogP contribution in [0.3, 0.4) is 0 Å². The average molecular weight is 399 g/mol. The van der Waals surface area contributed by atoms with Crippen LogP contribution in [0.4, 0.5) is 23.1 Å². The molecule has 0 aliphatic carbocycles. The molecule has 0 spiro atoms. The number of anilines is 4. The molecule has 4 rings (SSSR count). The summed E-state index contributed by atoms with van der Waals surface area (Å²) in [5, 5.41) is 6.54. The molecule has 0 radical (unpaired) electrons. The monoisotopic (exact) mass is 399 g/mol. The smallest absolute Gasteiger partial charge is 0.229 e. The summed E-state index contributed by atoms with van der Waals surface area (Å²) in [6.45, 7) is 7.49. The molecule has 7 nitrogen and oxygen atoms in total. The molecule has 30 heavy (non-hydrogen) atoms. The molecular formula is C23H21N5O2. The topological polar surface area (TPSA) is 92.9 Å². The first-order valence-electron chi connectivity index (χ1n) is 9.47. The van der Waals surface area contributed by atoms with Crippen LogP contribution in [-0.4, -0.2) is 20.7 Å². The molecule has 2 N–H and O–H groups in total. The minimum atomic E-state index is -0.0336. The van der Waals surface area contributed by atoms with Gasteiger partial charge in [0.25, 0.3) is 0 Å². The van der Waals surface area contributed by atoms with Crippen molar-refractivity contribution in [2.45, 2.75) is 20.3 Å². The Morgan fingerprint density at radius 1 is 1.13 bits per heavy atom. The number of aromatic nitrogens is 3. The van der Waals surface area contributed by atoms with Gasteiger partial charge in [-0.25, -0.2) is 9.97 Å².